The van der Waals surface area contributed by atoms with Gasteiger partial charge in [-0.25, -0.2) is 9.78 Å². The molecule has 0 fully saturated rings. The summed E-state index contributed by atoms with van der Waals surface area (Å²) in [7, 11) is 0. The first-order valence-electron chi connectivity index (χ1n) is 11.2. The number of carboxylic acid groups (broad SMARTS) is 1. The number of nitrogens with zero attached hydrogens (tertiary/aromatic N) is 1. The number of hydrogen-bond acceptors (Lipinski definition) is 5. The second kappa shape index (κ2) is 10.9. The van der Waals surface area contributed by atoms with Crippen molar-refractivity contribution in [2.45, 2.75) is 50.1 Å². The van der Waals surface area contributed by atoms with Crippen LogP contribution in [0.25, 0.3) is 16.1 Å². The number of hydrogen-bond donors (Lipinski definition) is 1. The highest BCUT2D eigenvalue weighted by atomic mass is 32.2. The third-order valence-electron chi connectivity index (χ3n) is 5.65. The summed E-state index contributed by atoms with van der Waals surface area (Å²) in [4.78, 5) is 17.8. The third-order valence-corrected chi connectivity index (χ3v) is 7.74. The van der Waals surface area contributed by atoms with Crippen molar-refractivity contribution in [2.75, 3.05) is 6.61 Å². The maximum Gasteiger partial charge on any atom is 0.416 e. The quantitative estimate of drug-likeness (QED) is 0.336. The molecular formula is C26H24F3NO3S2. The van der Waals surface area contributed by atoms with Crippen LogP contribution in [-0.2, 0) is 17.4 Å². The van der Waals surface area contributed by atoms with Crippen molar-refractivity contribution < 1.29 is 27.8 Å². The zero-order valence-corrected chi connectivity index (χ0v) is 20.7. The van der Waals surface area contributed by atoms with Gasteiger partial charge in [0.15, 0.2) is 6.61 Å². The number of aryl methyl sites for hydroxylation is 2. The number of benzene rings is 2. The lowest BCUT2D eigenvalue weighted by Gasteiger charge is -2.12. The molecule has 0 bridgehead atoms. The molecule has 0 saturated carbocycles. The summed E-state index contributed by atoms with van der Waals surface area (Å²) in [6, 6.07) is 10.8. The molecule has 0 radical (unpaired) electrons. The van der Waals surface area contributed by atoms with Gasteiger partial charge in [0, 0.05) is 15.3 Å². The molecule has 0 spiro atoms. The Kier molecular flexibility index (Phi) is 7.86. The molecule has 184 valence electrons. The Labute approximate surface area is 209 Å². The standard InChI is InChI=1S/C26H24F3NO3S2/c1-16-13-20(11-12-21(16)33-14-23(31)32)34-15-18-5-3-2-4-6-22-24(18)30-25(35-22)17-7-9-19(10-8-17)26(27,28)29/h7-13,15H,2-6,14H2,1H3,(H,31,32)/b18-15-. The summed E-state index contributed by atoms with van der Waals surface area (Å²) in [6.45, 7) is 1.49. The van der Waals surface area contributed by atoms with Gasteiger partial charge < -0.3 is 9.84 Å². The van der Waals surface area contributed by atoms with E-state index in [9.17, 15) is 18.0 Å². The first kappa shape index (κ1) is 25.3. The van der Waals surface area contributed by atoms with E-state index in [1.54, 1.807) is 29.2 Å². The maximum atomic E-state index is 12.9. The van der Waals surface area contributed by atoms with Crippen LogP contribution >= 0.6 is 23.1 Å². The molecule has 0 atom stereocenters. The second-order valence-electron chi connectivity index (χ2n) is 8.30. The van der Waals surface area contributed by atoms with E-state index in [0.29, 0.717) is 11.3 Å². The van der Waals surface area contributed by atoms with Gasteiger partial charge in [-0.2, -0.15) is 13.2 Å². The molecule has 1 aliphatic rings. The molecule has 2 aromatic carbocycles. The Morgan fingerprint density at radius 3 is 2.57 bits per heavy atom. The average Bonchev–Trinajstić information content (AvgIpc) is 3.21. The van der Waals surface area contributed by atoms with E-state index in [4.69, 9.17) is 14.8 Å². The maximum absolute atomic E-state index is 12.9. The lowest BCUT2D eigenvalue weighted by molar-refractivity contribution is -0.139. The number of allylic oxidation sites excluding steroid dienone is 1. The van der Waals surface area contributed by atoms with Crippen LogP contribution in [0.5, 0.6) is 5.75 Å². The Bertz CT molecular complexity index is 1230. The highest BCUT2D eigenvalue weighted by Gasteiger charge is 2.30. The van der Waals surface area contributed by atoms with Gasteiger partial charge in [0.05, 0.1) is 11.3 Å². The van der Waals surface area contributed by atoms with Crippen molar-refractivity contribution >= 4 is 34.6 Å². The molecule has 1 aromatic heterocycles. The number of carboxylic acids is 1. The minimum atomic E-state index is -4.36. The van der Waals surface area contributed by atoms with Crippen LogP contribution < -0.4 is 4.74 Å². The third kappa shape index (κ3) is 6.46. The monoisotopic (exact) mass is 519 g/mol. The fraction of sp³-hybridized carbons (Fsp3) is 0.308. The van der Waals surface area contributed by atoms with Gasteiger partial charge in [-0.05, 0) is 79.5 Å². The van der Waals surface area contributed by atoms with Crippen LogP contribution in [0.4, 0.5) is 13.2 Å². The van der Waals surface area contributed by atoms with Crippen molar-refractivity contribution in [1.29, 1.82) is 0 Å². The van der Waals surface area contributed by atoms with Crippen molar-refractivity contribution in [3.05, 3.63) is 69.6 Å². The summed E-state index contributed by atoms with van der Waals surface area (Å²) in [5.41, 5.74) is 2.95. The first-order valence-corrected chi connectivity index (χ1v) is 12.9. The van der Waals surface area contributed by atoms with Gasteiger partial charge in [-0.1, -0.05) is 30.3 Å². The summed E-state index contributed by atoms with van der Waals surface area (Å²) in [5, 5.41) is 11.6. The van der Waals surface area contributed by atoms with Crippen LogP contribution in [-0.4, -0.2) is 22.7 Å². The zero-order chi connectivity index (χ0) is 25.0. The van der Waals surface area contributed by atoms with E-state index in [2.05, 4.69) is 5.41 Å². The number of carbonyl (C=O) groups is 1. The molecule has 0 unspecified atom stereocenters. The number of ether oxygens (including phenoxy) is 1. The highest BCUT2D eigenvalue weighted by molar-refractivity contribution is 8.02. The van der Waals surface area contributed by atoms with Crippen LogP contribution in [0.2, 0.25) is 0 Å². The van der Waals surface area contributed by atoms with E-state index in [1.165, 1.54) is 17.0 Å². The summed E-state index contributed by atoms with van der Waals surface area (Å²) in [6.07, 6.45) is 0.671. The fourth-order valence-electron chi connectivity index (χ4n) is 3.84. The molecule has 0 amide bonds. The largest absolute Gasteiger partial charge is 0.482 e. The second-order valence-corrected chi connectivity index (χ2v) is 10.3. The molecule has 35 heavy (non-hydrogen) atoms. The molecule has 0 aliphatic heterocycles. The fourth-order valence-corrected chi connectivity index (χ4v) is 5.89. The van der Waals surface area contributed by atoms with Crippen molar-refractivity contribution in [1.82, 2.24) is 4.98 Å². The van der Waals surface area contributed by atoms with E-state index < -0.39 is 17.7 Å². The van der Waals surface area contributed by atoms with Crippen LogP contribution in [0.15, 0.2) is 52.8 Å². The number of thiazole rings is 1. The molecule has 4 rings (SSSR count). The normalized spacial score (nSPS) is 15.4. The predicted molar refractivity (Wildman–Crippen MR) is 133 cm³/mol. The predicted octanol–water partition coefficient (Wildman–Crippen LogP) is 7.85. The Morgan fingerprint density at radius 2 is 1.89 bits per heavy atom. The van der Waals surface area contributed by atoms with Gasteiger partial charge >= 0.3 is 12.1 Å². The van der Waals surface area contributed by atoms with E-state index in [-0.39, 0.29) is 6.61 Å². The number of thioether (sulfide) groups is 1. The smallest absolute Gasteiger partial charge is 0.416 e. The first-order chi connectivity index (χ1) is 16.7. The van der Waals surface area contributed by atoms with Crippen LogP contribution in [0, 0.1) is 6.92 Å². The lowest BCUT2D eigenvalue weighted by Crippen LogP contribution is -2.09. The van der Waals surface area contributed by atoms with E-state index in [0.717, 1.165) is 71.0 Å². The van der Waals surface area contributed by atoms with Crippen LogP contribution in [0.1, 0.15) is 47.4 Å². The van der Waals surface area contributed by atoms with Gasteiger partial charge in [0.2, 0.25) is 0 Å². The average molecular weight is 520 g/mol. The van der Waals surface area contributed by atoms with Crippen molar-refractivity contribution in [2.24, 2.45) is 0 Å². The topological polar surface area (TPSA) is 59.4 Å². The number of fused-ring (bicyclic) bond motifs is 1. The zero-order valence-electron chi connectivity index (χ0n) is 19.0. The molecule has 1 N–H and O–H groups in total. The minimum absolute atomic E-state index is 0.384. The van der Waals surface area contributed by atoms with Gasteiger partial charge in [0.1, 0.15) is 10.8 Å². The Hall–Kier alpha value is -2.78. The number of aliphatic carboxylic acids is 1. The molecule has 1 aliphatic carbocycles. The molecule has 0 saturated heterocycles. The lowest BCUT2D eigenvalue weighted by atomic mass is 9.99. The number of rotatable bonds is 6. The summed E-state index contributed by atoms with van der Waals surface area (Å²) >= 11 is 3.12. The van der Waals surface area contributed by atoms with Gasteiger partial charge in [-0.3, -0.25) is 0 Å². The molecule has 1 heterocycles. The van der Waals surface area contributed by atoms with Gasteiger partial charge in [-0.15, -0.1) is 11.3 Å². The molecule has 3 aromatic rings. The Morgan fingerprint density at radius 1 is 1.14 bits per heavy atom. The minimum Gasteiger partial charge on any atom is -0.482 e. The number of aromatic nitrogens is 1. The van der Waals surface area contributed by atoms with E-state index in [1.807, 2.05) is 19.1 Å². The summed E-state index contributed by atoms with van der Waals surface area (Å²) < 4.78 is 44.1. The van der Waals surface area contributed by atoms with Crippen LogP contribution in [0.3, 0.4) is 0 Å². The van der Waals surface area contributed by atoms with E-state index >= 15 is 0 Å². The summed E-state index contributed by atoms with van der Waals surface area (Å²) in [5.74, 6) is -0.482. The van der Waals surface area contributed by atoms with Crippen molar-refractivity contribution in [3.8, 4) is 16.3 Å². The molecule has 4 nitrogen and oxygen atoms in total. The van der Waals surface area contributed by atoms with Crippen molar-refractivity contribution in [3.63, 3.8) is 0 Å². The SMILES string of the molecule is Cc1cc(S/C=C2/CCCCCc3sc(-c4ccc(C(F)(F)F)cc4)nc32)ccc1OCC(=O)O. The number of alkyl halides is 3. The molecule has 9 heteroatoms. The van der Waals surface area contributed by atoms with Gasteiger partial charge in [0.25, 0.3) is 0 Å². The highest BCUT2D eigenvalue weighted by Crippen LogP contribution is 2.39. The molecular weight excluding hydrogens is 495 g/mol. The number of halogens is 3. The Balaban J connectivity index is 1.57.